The average molecular weight is 1640 g/mol. The molecule has 6 heterocycles. The first-order valence-corrected chi connectivity index (χ1v) is 40.7. The van der Waals surface area contributed by atoms with Gasteiger partial charge in [0.05, 0.1) is 53.7 Å². The van der Waals surface area contributed by atoms with E-state index < -0.39 is 119 Å². The molecule has 3 unspecified atom stereocenters. The number of nitrogens with one attached hydrogen (secondary N) is 4. The van der Waals surface area contributed by atoms with Crippen molar-refractivity contribution < 1.29 is 83.6 Å². The first-order valence-electron chi connectivity index (χ1n) is 40.7. The van der Waals surface area contributed by atoms with Crippen molar-refractivity contribution in [3.63, 3.8) is 0 Å². The second-order valence-corrected chi connectivity index (χ2v) is 32.8. The van der Waals surface area contributed by atoms with Crippen molar-refractivity contribution in [3.8, 4) is 12.4 Å². The number of carbonyl (C=O) groups excluding carboxylic acids is 6. The van der Waals surface area contributed by atoms with Gasteiger partial charge in [-0.2, -0.15) is 50.0 Å². The largest absolute Gasteiger partial charge is 0.398 e. The number of aromatic nitrogens is 3. The van der Waals surface area contributed by atoms with Gasteiger partial charge in [0.2, 0.25) is 23.6 Å². The molecule has 6 aromatic rings. The Morgan fingerprint density at radius 1 is 0.424 bits per heavy atom. The Labute approximate surface area is 677 Å². The summed E-state index contributed by atoms with van der Waals surface area (Å²) in [5.74, 6) is -2.87. The molecule has 15 rings (SSSR count). The van der Waals surface area contributed by atoms with Crippen molar-refractivity contribution in [2.24, 2.45) is 0 Å². The van der Waals surface area contributed by atoms with Gasteiger partial charge in [-0.3, -0.25) is 68.2 Å². The summed E-state index contributed by atoms with van der Waals surface area (Å²) in [6.07, 6.45) is 11.7. The molecule has 7 N–H and O–H groups in total. The molecule has 0 radical (unpaired) electrons. The molecule has 23 nitrogen and oxygen atoms in total. The summed E-state index contributed by atoms with van der Waals surface area (Å²) in [6.45, 7) is 0.183. The third-order valence-corrected chi connectivity index (χ3v) is 24.8. The van der Waals surface area contributed by atoms with E-state index in [1.54, 1.807) is 42.6 Å². The third-order valence-electron chi connectivity index (χ3n) is 24.8. The number of nitriles is 2. The van der Waals surface area contributed by atoms with E-state index in [0.717, 1.165) is 96.3 Å². The van der Waals surface area contributed by atoms with Gasteiger partial charge in [0.1, 0.15) is 30.2 Å². The van der Waals surface area contributed by atoms with Crippen molar-refractivity contribution in [2.45, 2.75) is 262 Å². The molecule has 0 bridgehead atoms. The molecule has 3 aromatic carbocycles. The summed E-state index contributed by atoms with van der Waals surface area (Å²) in [6, 6.07) is 20.6. The van der Waals surface area contributed by atoms with E-state index >= 15 is 0 Å². The van der Waals surface area contributed by atoms with Gasteiger partial charge in [0, 0.05) is 108 Å². The van der Waals surface area contributed by atoms with Crippen molar-refractivity contribution in [3.05, 3.63) is 180 Å². The number of rotatable bonds is 21. The van der Waals surface area contributed by atoms with Crippen LogP contribution in [0.2, 0.25) is 0 Å². The maximum Gasteiger partial charge on any atom is 0.398 e. The van der Waals surface area contributed by atoms with E-state index in [2.05, 4.69) is 36.2 Å². The molecule has 3 aliphatic heterocycles. The molecular weight excluding hydrogens is 1540 g/mol. The lowest BCUT2D eigenvalue weighted by molar-refractivity contribution is -0.161. The van der Waals surface area contributed by atoms with Gasteiger partial charge in [0.15, 0.2) is 12.4 Å². The number of alkyl halides is 9. The van der Waals surface area contributed by atoms with Crippen molar-refractivity contribution in [1.82, 2.24) is 46.0 Å². The van der Waals surface area contributed by atoms with Gasteiger partial charge in [-0.05, 0) is 155 Å². The molecular formula is C86H97F9N14O9. The maximum atomic E-state index is 14.2. The van der Waals surface area contributed by atoms with Crippen LogP contribution in [-0.2, 0) is 45.0 Å². The molecule has 6 amide bonds. The Balaban J connectivity index is 0.000000154. The van der Waals surface area contributed by atoms with Crippen molar-refractivity contribution in [2.75, 3.05) is 34.3 Å². The zero-order chi connectivity index (χ0) is 83.9. The molecule has 118 heavy (non-hydrogen) atoms. The number of benzene rings is 3. The smallest absolute Gasteiger partial charge is 0.392 e. The molecule has 9 fully saturated rings. The number of halogens is 9. The maximum absolute atomic E-state index is 14.2. The summed E-state index contributed by atoms with van der Waals surface area (Å²) >= 11 is 0. The second-order valence-electron chi connectivity index (χ2n) is 32.8. The van der Waals surface area contributed by atoms with Gasteiger partial charge >= 0.3 is 18.5 Å². The Kier molecular flexibility index (Phi) is 26.2. The number of hydrogen-bond donors (Lipinski definition) is 7. The lowest BCUT2D eigenvalue weighted by Gasteiger charge is -2.35. The molecule has 0 spiro atoms. The third kappa shape index (κ3) is 18.7. The van der Waals surface area contributed by atoms with E-state index in [1.165, 1.54) is 128 Å². The summed E-state index contributed by atoms with van der Waals surface area (Å²) in [5.41, 5.74) is -3.18. The number of likely N-dealkylation sites (tertiary alicyclic amines) is 2. The molecule has 3 aromatic heterocycles. The van der Waals surface area contributed by atoms with E-state index in [1.807, 2.05) is 12.4 Å². The molecule has 6 aliphatic carbocycles. The van der Waals surface area contributed by atoms with Gasteiger partial charge in [0.25, 0.3) is 11.8 Å². The number of amides is 6. The highest BCUT2D eigenvalue weighted by atomic mass is 19.4. The highest BCUT2D eigenvalue weighted by Crippen LogP contribution is 2.61. The Bertz CT molecular complexity index is 4350. The van der Waals surface area contributed by atoms with Crippen LogP contribution in [0, 0.1) is 22.9 Å². The predicted molar refractivity (Wildman–Crippen MR) is 415 cm³/mol. The predicted octanol–water partition coefficient (Wildman–Crippen LogP) is 12.2. The molecule has 3 saturated heterocycles. The first-order chi connectivity index (χ1) is 56.5. The van der Waals surface area contributed by atoms with E-state index in [-0.39, 0.29) is 130 Å². The first kappa shape index (κ1) is 85.6. The molecule has 628 valence electrons. The van der Waals surface area contributed by atoms with Crippen LogP contribution in [0.4, 0.5) is 56.6 Å². The minimum Gasteiger partial charge on any atom is -0.392 e. The molecule has 9 aliphatic rings. The Hall–Kier alpha value is -10.3. The quantitative estimate of drug-likeness (QED) is 0.0260. The van der Waals surface area contributed by atoms with Gasteiger partial charge in [-0.15, -0.1) is 0 Å². The summed E-state index contributed by atoms with van der Waals surface area (Å²) in [7, 11) is 0. The normalized spacial score (nSPS) is 23.5. The second kappa shape index (κ2) is 36.1. The monoisotopic (exact) mass is 1640 g/mol. The van der Waals surface area contributed by atoms with Crippen LogP contribution in [-0.4, -0.2) is 168 Å². The number of aliphatic hydroxyl groups is 3. The molecule has 6 saturated carbocycles. The average Bonchev–Trinajstić information content (AvgIpc) is 1.58. The van der Waals surface area contributed by atoms with Crippen LogP contribution in [0.1, 0.15) is 206 Å². The van der Waals surface area contributed by atoms with Gasteiger partial charge in [-0.1, -0.05) is 112 Å². The van der Waals surface area contributed by atoms with Crippen molar-refractivity contribution in [1.29, 1.82) is 10.5 Å². The number of pyridine rings is 3. The fourth-order valence-electron chi connectivity index (χ4n) is 17.8. The minimum atomic E-state index is -4.39. The lowest BCUT2D eigenvalue weighted by Crippen LogP contribution is -2.51. The Morgan fingerprint density at radius 2 is 0.712 bits per heavy atom. The fourth-order valence-corrected chi connectivity index (χ4v) is 17.8. The van der Waals surface area contributed by atoms with Crippen LogP contribution in [0.3, 0.4) is 0 Å². The standard InChI is InChI=1S/2C29H32F3N5O3.C28H33F3N4O3/c2*30-29(31,32)28(12-13-28)20-8-10-22(11-9-20)37(27(40)24-15-23(38)17-36(24)18-33)25(19-5-4-14-34-16-19)26(39)35-21-6-2-1-3-7-21;29-28(30,31)27(12-13-27)19-8-10-21(11-9-19)35(26(38)23-15-22(36)17-33-23)24(18-5-4-14-32-16-18)25(37)34-20-6-2-1-3-7-20/h2*4-5,8-11,14,16,21,23-25,38H,1-3,6-7,12-13,15,17H2,(H,35,39);4-5,8-11,14,16,20,22-24,33,36H,1-3,6-7,12-13,15,17H2,(H,34,37)/t2*23-,24-,25?;22-,23-,24?/m111/s1. The zero-order valence-electron chi connectivity index (χ0n) is 65.0. The number of aliphatic hydroxyl groups excluding tert-OH is 3. The molecule has 32 heteroatoms. The highest BCUT2D eigenvalue weighted by Gasteiger charge is 2.66. The number of anilines is 3. The van der Waals surface area contributed by atoms with E-state index in [0.29, 0.717) is 22.4 Å². The summed E-state index contributed by atoms with van der Waals surface area (Å²) in [4.78, 5) is 103. The summed E-state index contributed by atoms with van der Waals surface area (Å²) in [5, 5.41) is 62.1. The van der Waals surface area contributed by atoms with E-state index in [4.69, 9.17) is 0 Å². The van der Waals surface area contributed by atoms with Gasteiger partial charge < -0.3 is 36.6 Å². The molecule has 9 atom stereocenters. The van der Waals surface area contributed by atoms with Gasteiger partial charge in [-0.25, -0.2) is 0 Å². The van der Waals surface area contributed by atoms with Crippen molar-refractivity contribution >= 4 is 52.5 Å². The van der Waals surface area contributed by atoms with Crippen LogP contribution in [0.15, 0.2) is 146 Å². The lowest BCUT2D eigenvalue weighted by atomic mass is 9.93. The number of hydrogen-bond acceptors (Lipinski definition) is 17. The van der Waals surface area contributed by atoms with E-state index in [9.17, 15) is 94.1 Å². The minimum absolute atomic E-state index is 0.00229. The fraction of sp³-hybridized carbons (Fsp3) is 0.523. The number of carbonyl (C=O) groups is 6. The number of nitrogens with zero attached hydrogens (tertiary/aromatic N) is 10. The van der Waals surface area contributed by atoms with Crippen LogP contribution in [0.5, 0.6) is 0 Å². The zero-order valence-corrected chi connectivity index (χ0v) is 65.0. The van der Waals surface area contributed by atoms with Crippen LogP contribution in [0.25, 0.3) is 0 Å². The topological polar surface area (TPSA) is 314 Å². The summed E-state index contributed by atoms with van der Waals surface area (Å²) < 4.78 is 124. The highest BCUT2D eigenvalue weighted by molar-refractivity contribution is 6.06. The number of β-amino-alcohol motifs (C(OH)–C–C–N with tert-alkyl or cyclic N) is 3. The SMILES string of the molecule is N#CN1C[C@H](O)C[C@@H]1C(=O)N(c1ccc(C2(C(F)(F)F)CC2)cc1)C(C(=O)NC1CCCCC1)c1cccnc1.N#CN1C[C@H](O)C[C@@H]1C(=O)N(c1ccc(C2(C(F)(F)F)CC2)cc1)C(C(=O)NC1CCCCC1)c1cccnc1.O=C(NC1CCCCC1)C(c1cccnc1)N(C(=O)[C@H]1C[C@@H](O)CN1)c1ccc(C2(C(F)(F)F)CC2)cc1. The van der Waals surface area contributed by atoms with Crippen LogP contribution < -0.4 is 36.0 Å². The van der Waals surface area contributed by atoms with Crippen LogP contribution >= 0.6 is 0 Å². The Morgan fingerprint density at radius 3 is 0.949 bits per heavy atom.